The third-order valence-corrected chi connectivity index (χ3v) is 3.24. The maximum Gasteiger partial charge on any atom is 0.416 e. The maximum atomic E-state index is 12.5. The Morgan fingerprint density at radius 1 is 1.32 bits per heavy atom. The number of H-pyrrole nitrogens is 1. The molecule has 4 nitrogen and oxygen atoms in total. The second-order valence-corrected chi connectivity index (χ2v) is 4.96. The minimum atomic E-state index is -4.41. The summed E-state index contributed by atoms with van der Waals surface area (Å²) in [6, 6.07) is 3.81. The first-order valence-corrected chi connectivity index (χ1v) is 6.81. The Morgan fingerprint density at radius 2 is 1.95 bits per heavy atom. The number of nitrogens with zero attached hydrogens (tertiary/aromatic N) is 1. The number of hydrogen-bond donors (Lipinski definition) is 2. The summed E-state index contributed by atoms with van der Waals surface area (Å²) >= 11 is 0. The summed E-state index contributed by atoms with van der Waals surface area (Å²) in [5, 5.41) is 2.76. The topological polar surface area (TPSA) is 57.8 Å². The maximum absolute atomic E-state index is 12.5. The first kappa shape index (κ1) is 16.1. The van der Waals surface area contributed by atoms with Crippen LogP contribution >= 0.6 is 0 Å². The van der Waals surface area contributed by atoms with Gasteiger partial charge >= 0.3 is 6.18 Å². The van der Waals surface area contributed by atoms with Crippen molar-refractivity contribution < 1.29 is 18.0 Å². The third-order valence-electron chi connectivity index (χ3n) is 3.24. The second-order valence-electron chi connectivity index (χ2n) is 4.96. The van der Waals surface area contributed by atoms with Crippen LogP contribution in [0.5, 0.6) is 0 Å². The molecule has 0 aliphatic rings. The van der Waals surface area contributed by atoms with E-state index in [4.69, 9.17) is 0 Å². The van der Waals surface area contributed by atoms with Gasteiger partial charge in [-0.05, 0) is 37.6 Å². The molecule has 0 fully saturated rings. The number of rotatable bonds is 4. The molecule has 1 atom stereocenters. The minimum absolute atomic E-state index is 0.176. The molecule has 1 aromatic heterocycles. The van der Waals surface area contributed by atoms with E-state index in [1.54, 1.807) is 6.20 Å². The Balaban J connectivity index is 2.11. The molecule has 1 amide bonds. The largest absolute Gasteiger partial charge is 0.416 e. The molecule has 2 N–H and O–H groups in total. The lowest BCUT2D eigenvalue weighted by atomic mass is 10.1. The van der Waals surface area contributed by atoms with E-state index >= 15 is 0 Å². The lowest BCUT2D eigenvalue weighted by Crippen LogP contribution is -2.29. The number of amides is 1. The SMILES string of the molecule is CC[C@@H](NC(=O)c1ccc(C(F)(F)F)cc1)c1ncc(C)[nH]1. The summed E-state index contributed by atoms with van der Waals surface area (Å²) in [5.41, 5.74) is 0.268. The number of alkyl halides is 3. The molecule has 0 saturated heterocycles. The fourth-order valence-corrected chi connectivity index (χ4v) is 2.03. The van der Waals surface area contributed by atoms with E-state index in [2.05, 4.69) is 15.3 Å². The fourth-order valence-electron chi connectivity index (χ4n) is 2.03. The van der Waals surface area contributed by atoms with Gasteiger partial charge in [-0.15, -0.1) is 0 Å². The molecule has 0 unspecified atom stereocenters. The van der Waals surface area contributed by atoms with Crippen molar-refractivity contribution in [3.05, 3.63) is 53.1 Å². The molecule has 0 saturated carbocycles. The van der Waals surface area contributed by atoms with Crippen molar-refractivity contribution in [2.45, 2.75) is 32.5 Å². The summed E-state index contributed by atoms with van der Waals surface area (Å²) in [5.74, 6) is 0.190. The van der Waals surface area contributed by atoms with Crippen molar-refractivity contribution in [3.63, 3.8) is 0 Å². The van der Waals surface area contributed by atoms with E-state index in [1.165, 1.54) is 0 Å². The summed E-state index contributed by atoms with van der Waals surface area (Å²) in [6.07, 6.45) is -2.14. The van der Waals surface area contributed by atoms with E-state index in [1.807, 2.05) is 13.8 Å². The fraction of sp³-hybridized carbons (Fsp3) is 0.333. The van der Waals surface area contributed by atoms with Crippen LogP contribution < -0.4 is 5.32 Å². The predicted octanol–water partition coefficient (Wildman–Crippen LogP) is 3.62. The van der Waals surface area contributed by atoms with Crippen LogP contribution in [0.1, 0.15) is 46.8 Å². The van der Waals surface area contributed by atoms with E-state index in [-0.39, 0.29) is 11.6 Å². The molecule has 22 heavy (non-hydrogen) atoms. The molecule has 1 heterocycles. The Morgan fingerprint density at radius 3 is 2.41 bits per heavy atom. The van der Waals surface area contributed by atoms with Crippen LogP contribution in [0.2, 0.25) is 0 Å². The smallest absolute Gasteiger partial charge is 0.344 e. The quantitative estimate of drug-likeness (QED) is 0.906. The molecule has 2 aromatic rings. The Kier molecular flexibility index (Phi) is 4.54. The number of aromatic amines is 1. The second kappa shape index (κ2) is 6.21. The Hall–Kier alpha value is -2.31. The van der Waals surface area contributed by atoms with E-state index < -0.39 is 17.6 Å². The summed E-state index contributed by atoms with van der Waals surface area (Å²) in [4.78, 5) is 19.3. The number of aromatic nitrogens is 2. The van der Waals surface area contributed by atoms with Crippen molar-refractivity contribution in [1.29, 1.82) is 0 Å². The van der Waals surface area contributed by atoms with Crippen LogP contribution in [0.15, 0.2) is 30.5 Å². The monoisotopic (exact) mass is 311 g/mol. The first-order valence-electron chi connectivity index (χ1n) is 6.81. The van der Waals surface area contributed by atoms with Gasteiger partial charge < -0.3 is 10.3 Å². The summed E-state index contributed by atoms with van der Waals surface area (Å²) in [6.45, 7) is 3.73. The number of carbonyl (C=O) groups is 1. The van der Waals surface area contributed by atoms with Gasteiger partial charge in [-0.3, -0.25) is 4.79 Å². The number of hydrogen-bond acceptors (Lipinski definition) is 2. The van der Waals surface area contributed by atoms with Crippen molar-refractivity contribution in [1.82, 2.24) is 15.3 Å². The van der Waals surface area contributed by atoms with Crippen molar-refractivity contribution in [2.75, 3.05) is 0 Å². The highest BCUT2D eigenvalue weighted by molar-refractivity contribution is 5.94. The van der Waals surface area contributed by atoms with Gasteiger partial charge in [0.25, 0.3) is 5.91 Å². The molecule has 0 spiro atoms. The minimum Gasteiger partial charge on any atom is -0.344 e. The zero-order chi connectivity index (χ0) is 16.3. The van der Waals surface area contributed by atoms with Gasteiger partial charge in [-0.25, -0.2) is 4.98 Å². The average Bonchev–Trinajstić information content (AvgIpc) is 2.90. The van der Waals surface area contributed by atoms with Crippen molar-refractivity contribution in [3.8, 4) is 0 Å². The highest BCUT2D eigenvalue weighted by Crippen LogP contribution is 2.29. The molecule has 7 heteroatoms. The zero-order valence-corrected chi connectivity index (χ0v) is 12.2. The number of nitrogens with one attached hydrogen (secondary N) is 2. The van der Waals surface area contributed by atoms with Gasteiger partial charge in [0.15, 0.2) is 0 Å². The van der Waals surface area contributed by atoms with Crippen LogP contribution in [0, 0.1) is 6.92 Å². The number of benzene rings is 1. The third kappa shape index (κ3) is 3.66. The molecule has 118 valence electrons. The van der Waals surface area contributed by atoms with Crippen LogP contribution in [-0.2, 0) is 6.18 Å². The van der Waals surface area contributed by atoms with E-state index in [0.29, 0.717) is 12.2 Å². The molecule has 0 radical (unpaired) electrons. The predicted molar refractivity (Wildman–Crippen MR) is 75.3 cm³/mol. The van der Waals surface area contributed by atoms with Gasteiger partial charge in [-0.2, -0.15) is 13.2 Å². The Labute approximate surface area is 125 Å². The van der Waals surface area contributed by atoms with Crippen LogP contribution in [0.25, 0.3) is 0 Å². The Bertz CT molecular complexity index is 647. The standard InChI is InChI=1S/C15H16F3N3O/c1-3-12(13-19-8-9(2)20-13)21-14(22)10-4-6-11(7-5-10)15(16,17)18/h4-8,12H,3H2,1-2H3,(H,19,20)(H,21,22)/t12-/m1/s1. The van der Waals surface area contributed by atoms with Crippen LogP contribution in [0.4, 0.5) is 13.2 Å². The van der Waals surface area contributed by atoms with E-state index in [9.17, 15) is 18.0 Å². The average molecular weight is 311 g/mol. The first-order chi connectivity index (χ1) is 10.3. The highest BCUT2D eigenvalue weighted by Gasteiger charge is 2.30. The van der Waals surface area contributed by atoms with Crippen LogP contribution in [0.3, 0.4) is 0 Å². The number of carbonyl (C=O) groups excluding carboxylic acids is 1. The molecule has 0 aliphatic heterocycles. The normalized spacial score (nSPS) is 13.0. The van der Waals surface area contributed by atoms with Gasteiger partial charge in [0, 0.05) is 17.5 Å². The summed E-state index contributed by atoms with van der Waals surface area (Å²) in [7, 11) is 0. The van der Waals surface area contributed by atoms with Crippen LogP contribution in [-0.4, -0.2) is 15.9 Å². The highest BCUT2D eigenvalue weighted by atomic mass is 19.4. The lowest BCUT2D eigenvalue weighted by Gasteiger charge is -2.15. The van der Waals surface area contributed by atoms with Gasteiger partial charge in [-0.1, -0.05) is 6.92 Å². The summed E-state index contributed by atoms with van der Waals surface area (Å²) < 4.78 is 37.5. The number of imidazole rings is 1. The zero-order valence-electron chi connectivity index (χ0n) is 12.2. The number of halogens is 3. The molecular weight excluding hydrogens is 295 g/mol. The molecule has 0 bridgehead atoms. The van der Waals surface area contributed by atoms with Crippen molar-refractivity contribution in [2.24, 2.45) is 0 Å². The number of aryl methyl sites for hydroxylation is 1. The van der Waals surface area contributed by atoms with Gasteiger partial charge in [0.05, 0.1) is 11.6 Å². The van der Waals surface area contributed by atoms with E-state index in [0.717, 1.165) is 30.0 Å². The van der Waals surface area contributed by atoms with Gasteiger partial charge in [0.1, 0.15) is 5.82 Å². The van der Waals surface area contributed by atoms with Crippen molar-refractivity contribution >= 4 is 5.91 Å². The molecule has 2 rings (SSSR count). The lowest BCUT2D eigenvalue weighted by molar-refractivity contribution is -0.137. The molecule has 1 aromatic carbocycles. The molecule has 0 aliphatic carbocycles. The molecular formula is C15H16F3N3O. The van der Waals surface area contributed by atoms with Gasteiger partial charge in [0.2, 0.25) is 0 Å².